The minimum Gasteiger partial charge on any atom is -0.0617 e. The lowest BCUT2D eigenvalue weighted by molar-refractivity contribution is 0.0404. The van der Waals surface area contributed by atoms with Gasteiger partial charge in [-0.1, -0.05) is 27.7 Å². The average molecular weight is 166 g/mol. The monoisotopic (exact) mass is 166 g/mol. The standard InChI is InChI=1S/C12H22/c1-9-10-5-6-12(9,4)8-7-11(10,2)3/h9-10H,5-8H2,1-4H3. The summed E-state index contributed by atoms with van der Waals surface area (Å²) in [5.41, 5.74) is 1.34. The topological polar surface area (TPSA) is 0 Å². The van der Waals surface area contributed by atoms with E-state index in [2.05, 4.69) is 27.7 Å². The van der Waals surface area contributed by atoms with Crippen LogP contribution in [0.15, 0.2) is 0 Å². The maximum atomic E-state index is 2.51. The van der Waals surface area contributed by atoms with E-state index in [1.165, 1.54) is 25.7 Å². The largest absolute Gasteiger partial charge is 0.0617 e. The number of fused-ring (bicyclic) bond motifs is 2. The minimum absolute atomic E-state index is 0.634. The van der Waals surface area contributed by atoms with E-state index in [0.717, 1.165) is 11.8 Å². The lowest BCUT2D eigenvalue weighted by Crippen LogP contribution is -2.37. The Morgan fingerprint density at radius 1 is 1.00 bits per heavy atom. The Labute approximate surface area is 76.7 Å². The third-order valence-corrected chi connectivity index (χ3v) is 5.07. The summed E-state index contributed by atoms with van der Waals surface area (Å²) in [6.07, 6.45) is 5.91. The molecule has 2 aliphatic rings. The van der Waals surface area contributed by atoms with Gasteiger partial charge in [-0.05, 0) is 48.3 Å². The zero-order valence-electron chi connectivity index (χ0n) is 8.98. The summed E-state index contributed by atoms with van der Waals surface area (Å²) >= 11 is 0. The van der Waals surface area contributed by atoms with Crippen molar-refractivity contribution in [1.82, 2.24) is 0 Å². The van der Waals surface area contributed by atoms with Crippen LogP contribution in [0.25, 0.3) is 0 Å². The smallest absolute Gasteiger partial charge is 0.0297 e. The molecule has 0 aromatic rings. The van der Waals surface area contributed by atoms with Gasteiger partial charge in [-0.3, -0.25) is 0 Å². The average Bonchev–Trinajstić information content (AvgIpc) is 2.19. The maximum Gasteiger partial charge on any atom is -0.0297 e. The highest BCUT2D eigenvalue weighted by molar-refractivity contribution is 5.01. The van der Waals surface area contributed by atoms with Crippen molar-refractivity contribution in [2.24, 2.45) is 22.7 Å². The molecule has 0 radical (unpaired) electrons. The van der Waals surface area contributed by atoms with Gasteiger partial charge in [-0.25, -0.2) is 0 Å². The first-order valence-corrected chi connectivity index (χ1v) is 5.46. The van der Waals surface area contributed by atoms with E-state index in [0.29, 0.717) is 10.8 Å². The minimum atomic E-state index is 0.634. The van der Waals surface area contributed by atoms with E-state index in [9.17, 15) is 0 Å². The third-order valence-electron chi connectivity index (χ3n) is 5.07. The quantitative estimate of drug-likeness (QED) is 0.512. The Bertz CT molecular complexity index is 192. The van der Waals surface area contributed by atoms with Crippen LogP contribution in [0.3, 0.4) is 0 Å². The van der Waals surface area contributed by atoms with E-state index in [-0.39, 0.29) is 0 Å². The van der Waals surface area contributed by atoms with Crippen LogP contribution in [0.2, 0.25) is 0 Å². The molecule has 0 heteroatoms. The summed E-state index contributed by atoms with van der Waals surface area (Å²) in [4.78, 5) is 0. The van der Waals surface area contributed by atoms with Crippen molar-refractivity contribution in [3.63, 3.8) is 0 Å². The van der Waals surface area contributed by atoms with Gasteiger partial charge in [0.1, 0.15) is 0 Å². The van der Waals surface area contributed by atoms with Crippen LogP contribution in [0, 0.1) is 22.7 Å². The molecule has 0 amide bonds. The molecule has 2 fully saturated rings. The van der Waals surface area contributed by atoms with Crippen LogP contribution in [-0.2, 0) is 0 Å². The fraction of sp³-hybridized carbons (Fsp3) is 1.00. The second-order valence-electron chi connectivity index (χ2n) is 6.08. The molecule has 12 heavy (non-hydrogen) atoms. The number of hydrogen-bond donors (Lipinski definition) is 0. The van der Waals surface area contributed by atoms with Crippen LogP contribution in [-0.4, -0.2) is 0 Å². The van der Waals surface area contributed by atoms with Crippen LogP contribution in [0.5, 0.6) is 0 Å². The fourth-order valence-corrected chi connectivity index (χ4v) is 3.66. The summed E-state index contributed by atoms with van der Waals surface area (Å²) in [7, 11) is 0. The van der Waals surface area contributed by atoms with E-state index >= 15 is 0 Å². The first-order chi connectivity index (χ1) is 5.46. The summed E-state index contributed by atoms with van der Waals surface area (Å²) in [6.45, 7) is 9.93. The Hall–Kier alpha value is 0. The summed E-state index contributed by atoms with van der Waals surface area (Å²) in [5, 5.41) is 0. The molecule has 0 saturated heterocycles. The van der Waals surface area contributed by atoms with Crippen molar-refractivity contribution in [1.29, 1.82) is 0 Å². The molecular formula is C12H22. The Balaban J connectivity index is 2.28. The summed E-state index contributed by atoms with van der Waals surface area (Å²) in [5.74, 6) is 1.98. The Kier molecular flexibility index (Phi) is 1.63. The van der Waals surface area contributed by atoms with E-state index in [1.807, 2.05) is 0 Å². The van der Waals surface area contributed by atoms with E-state index in [1.54, 1.807) is 0 Å². The van der Waals surface area contributed by atoms with Gasteiger partial charge < -0.3 is 0 Å². The van der Waals surface area contributed by atoms with E-state index < -0.39 is 0 Å². The zero-order valence-corrected chi connectivity index (χ0v) is 8.98. The van der Waals surface area contributed by atoms with Crippen molar-refractivity contribution in [2.75, 3.05) is 0 Å². The van der Waals surface area contributed by atoms with Gasteiger partial charge >= 0.3 is 0 Å². The first-order valence-electron chi connectivity index (χ1n) is 5.46. The van der Waals surface area contributed by atoms with Gasteiger partial charge in [0.25, 0.3) is 0 Å². The van der Waals surface area contributed by atoms with Gasteiger partial charge in [0.2, 0.25) is 0 Å². The summed E-state index contributed by atoms with van der Waals surface area (Å²) < 4.78 is 0. The molecule has 3 unspecified atom stereocenters. The molecule has 0 spiro atoms. The maximum absolute atomic E-state index is 2.51. The highest BCUT2D eigenvalue weighted by Gasteiger charge is 2.51. The predicted octanol–water partition coefficient (Wildman–Crippen LogP) is 3.86. The van der Waals surface area contributed by atoms with Crippen molar-refractivity contribution >= 4 is 0 Å². The van der Waals surface area contributed by atoms with Crippen LogP contribution in [0.1, 0.15) is 53.4 Å². The van der Waals surface area contributed by atoms with Gasteiger partial charge in [0, 0.05) is 0 Å². The van der Waals surface area contributed by atoms with Gasteiger partial charge in [0.05, 0.1) is 0 Å². The molecule has 0 heterocycles. The SMILES string of the molecule is CC1C2CCC1(C)CCC2(C)C. The molecule has 3 atom stereocenters. The fourth-order valence-electron chi connectivity index (χ4n) is 3.66. The highest BCUT2D eigenvalue weighted by Crippen LogP contribution is 2.61. The second-order valence-corrected chi connectivity index (χ2v) is 6.08. The van der Waals surface area contributed by atoms with Crippen molar-refractivity contribution in [3.05, 3.63) is 0 Å². The van der Waals surface area contributed by atoms with Crippen molar-refractivity contribution in [2.45, 2.75) is 53.4 Å². The van der Waals surface area contributed by atoms with Gasteiger partial charge in [0.15, 0.2) is 0 Å². The molecule has 2 bridgehead atoms. The van der Waals surface area contributed by atoms with Crippen LogP contribution < -0.4 is 0 Å². The highest BCUT2D eigenvalue weighted by atomic mass is 14.6. The molecule has 2 rings (SSSR count). The molecular weight excluding hydrogens is 144 g/mol. The molecule has 0 aliphatic heterocycles. The molecule has 0 N–H and O–H groups in total. The molecule has 70 valence electrons. The number of hydrogen-bond acceptors (Lipinski definition) is 0. The molecule has 0 nitrogen and oxygen atoms in total. The summed E-state index contributed by atoms with van der Waals surface area (Å²) in [6, 6.07) is 0. The predicted molar refractivity (Wildman–Crippen MR) is 53.0 cm³/mol. The van der Waals surface area contributed by atoms with Crippen molar-refractivity contribution < 1.29 is 0 Å². The lowest BCUT2D eigenvalue weighted by Gasteiger charge is -2.45. The van der Waals surface area contributed by atoms with Crippen LogP contribution in [0.4, 0.5) is 0 Å². The van der Waals surface area contributed by atoms with Crippen molar-refractivity contribution in [3.8, 4) is 0 Å². The molecule has 2 saturated carbocycles. The molecule has 0 aromatic carbocycles. The number of rotatable bonds is 0. The van der Waals surface area contributed by atoms with Crippen LogP contribution >= 0.6 is 0 Å². The lowest BCUT2D eigenvalue weighted by atomic mass is 9.60. The Morgan fingerprint density at radius 3 is 2.25 bits per heavy atom. The van der Waals surface area contributed by atoms with Gasteiger partial charge in [-0.15, -0.1) is 0 Å². The molecule has 2 aliphatic carbocycles. The second kappa shape index (κ2) is 2.27. The Morgan fingerprint density at radius 2 is 1.67 bits per heavy atom. The zero-order chi connectivity index (χ0) is 8.98. The normalized spacial score (nSPS) is 51.0. The molecule has 0 aromatic heterocycles. The van der Waals surface area contributed by atoms with E-state index in [4.69, 9.17) is 0 Å². The van der Waals surface area contributed by atoms with Gasteiger partial charge in [-0.2, -0.15) is 0 Å². The third kappa shape index (κ3) is 0.963. The first kappa shape index (κ1) is 8.59.